The Hall–Kier alpha value is -2.28. The third kappa shape index (κ3) is 4.61. The lowest BCUT2D eigenvalue weighted by atomic mass is 9.98. The predicted molar refractivity (Wildman–Crippen MR) is 95.7 cm³/mol. The molecule has 0 fully saturated rings. The van der Waals surface area contributed by atoms with Gasteiger partial charge in [-0.1, -0.05) is 68.9 Å². The molecule has 2 atom stereocenters. The van der Waals surface area contributed by atoms with Crippen molar-refractivity contribution >= 4 is 28.3 Å². The van der Waals surface area contributed by atoms with E-state index in [0.717, 1.165) is 17.0 Å². The van der Waals surface area contributed by atoms with Gasteiger partial charge in [-0.3, -0.25) is 14.9 Å². The van der Waals surface area contributed by atoms with Gasteiger partial charge in [0.2, 0.25) is 16.9 Å². The van der Waals surface area contributed by atoms with Crippen LogP contribution in [0.3, 0.4) is 0 Å². The van der Waals surface area contributed by atoms with E-state index in [1.807, 2.05) is 44.2 Å². The van der Waals surface area contributed by atoms with Crippen LogP contribution >= 0.6 is 11.3 Å². The first-order chi connectivity index (χ1) is 11.5. The van der Waals surface area contributed by atoms with Crippen LogP contribution in [0, 0.1) is 5.92 Å². The van der Waals surface area contributed by atoms with Gasteiger partial charge in [0.25, 0.3) is 0 Å². The molecular formula is C17H22N4O2S. The minimum Gasteiger partial charge on any atom is -0.344 e. The van der Waals surface area contributed by atoms with Gasteiger partial charge in [-0.2, -0.15) is 0 Å². The fraction of sp³-hybridized carbons (Fsp3) is 0.412. The minimum atomic E-state index is -0.577. The lowest BCUT2D eigenvalue weighted by Crippen LogP contribution is -2.47. The maximum atomic E-state index is 12.5. The lowest BCUT2D eigenvalue weighted by Gasteiger charge is -2.22. The molecule has 0 bridgehead atoms. The molecule has 1 aromatic carbocycles. The van der Waals surface area contributed by atoms with Gasteiger partial charge in [0.05, 0.1) is 0 Å². The largest absolute Gasteiger partial charge is 0.344 e. The summed E-state index contributed by atoms with van der Waals surface area (Å²) >= 11 is 1.31. The van der Waals surface area contributed by atoms with Gasteiger partial charge < -0.3 is 5.32 Å². The number of rotatable bonds is 7. The van der Waals surface area contributed by atoms with Crippen molar-refractivity contribution in [2.75, 3.05) is 5.32 Å². The van der Waals surface area contributed by atoms with Crippen LogP contribution in [-0.2, 0) is 9.59 Å². The Labute approximate surface area is 145 Å². The highest BCUT2D eigenvalue weighted by Gasteiger charge is 2.26. The van der Waals surface area contributed by atoms with Crippen LogP contribution < -0.4 is 10.6 Å². The number of hydrogen-bond acceptors (Lipinski definition) is 5. The molecule has 7 heteroatoms. The number of nitrogens with one attached hydrogen (secondary N) is 2. The van der Waals surface area contributed by atoms with Crippen LogP contribution in [-0.4, -0.2) is 28.1 Å². The zero-order valence-corrected chi connectivity index (χ0v) is 14.9. The average molecular weight is 346 g/mol. The van der Waals surface area contributed by atoms with Crippen molar-refractivity contribution in [1.82, 2.24) is 15.5 Å². The molecule has 0 saturated heterocycles. The van der Waals surface area contributed by atoms with Crippen LogP contribution in [0.25, 0.3) is 10.6 Å². The van der Waals surface area contributed by atoms with E-state index in [9.17, 15) is 9.59 Å². The Balaban J connectivity index is 2.09. The zero-order valence-electron chi connectivity index (χ0n) is 14.1. The summed E-state index contributed by atoms with van der Waals surface area (Å²) < 4.78 is 0. The Kier molecular flexibility index (Phi) is 6.43. The van der Waals surface area contributed by atoms with Crippen LogP contribution in [0.5, 0.6) is 0 Å². The molecule has 0 radical (unpaired) electrons. The van der Waals surface area contributed by atoms with Gasteiger partial charge in [0.15, 0.2) is 0 Å². The third-order valence-electron chi connectivity index (χ3n) is 3.81. The number of aromatic nitrogens is 2. The molecule has 0 spiro atoms. The number of benzene rings is 1. The van der Waals surface area contributed by atoms with E-state index in [1.54, 1.807) is 6.92 Å². The van der Waals surface area contributed by atoms with Crippen LogP contribution in [0.15, 0.2) is 30.3 Å². The van der Waals surface area contributed by atoms with Crippen molar-refractivity contribution in [3.8, 4) is 10.6 Å². The summed E-state index contributed by atoms with van der Waals surface area (Å²) in [6.45, 7) is 5.69. The van der Waals surface area contributed by atoms with Gasteiger partial charge in [0.1, 0.15) is 11.0 Å². The van der Waals surface area contributed by atoms with Crippen molar-refractivity contribution in [1.29, 1.82) is 0 Å². The molecule has 1 aromatic heterocycles. The molecule has 2 amide bonds. The van der Waals surface area contributed by atoms with Crippen LogP contribution in [0.1, 0.15) is 33.6 Å². The molecule has 0 saturated carbocycles. The van der Waals surface area contributed by atoms with Gasteiger partial charge in [-0.25, -0.2) is 0 Å². The van der Waals surface area contributed by atoms with Gasteiger partial charge in [0, 0.05) is 12.0 Å². The molecular weight excluding hydrogens is 324 g/mol. The summed E-state index contributed by atoms with van der Waals surface area (Å²) in [6, 6.07) is 9.08. The SMILES string of the molecule is CCC(=O)N[C@@H](C(=O)Nc1nnc(-c2ccccc2)s1)[C@H](C)CC. The number of carbonyl (C=O) groups is 2. The van der Waals surface area contributed by atoms with E-state index in [-0.39, 0.29) is 17.7 Å². The second-order valence-corrected chi connectivity index (χ2v) is 6.53. The second kappa shape index (κ2) is 8.54. The molecule has 2 rings (SSSR count). The number of anilines is 1. The Bertz CT molecular complexity index is 687. The third-order valence-corrected chi connectivity index (χ3v) is 4.70. The molecule has 0 aliphatic rings. The molecule has 1 heterocycles. The highest BCUT2D eigenvalue weighted by atomic mass is 32.1. The molecule has 128 valence electrons. The standard InChI is InChI=1S/C17H22N4O2S/c1-4-11(3)14(18-13(22)5-2)15(23)19-17-21-20-16(24-17)12-9-7-6-8-10-12/h6-11,14H,4-5H2,1-3H3,(H,18,22)(H,19,21,23)/t11-,14-/m1/s1. The number of amides is 2. The number of carbonyl (C=O) groups excluding carboxylic acids is 2. The highest BCUT2D eigenvalue weighted by Crippen LogP contribution is 2.26. The first-order valence-electron chi connectivity index (χ1n) is 8.04. The summed E-state index contributed by atoms with van der Waals surface area (Å²) in [5.41, 5.74) is 0.952. The molecule has 2 aromatic rings. The maximum Gasteiger partial charge on any atom is 0.249 e. The summed E-state index contributed by atoms with van der Waals surface area (Å²) in [7, 11) is 0. The van der Waals surface area contributed by atoms with E-state index in [1.165, 1.54) is 11.3 Å². The first kappa shape index (κ1) is 18.1. The fourth-order valence-corrected chi connectivity index (χ4v) is 2.88. The van der Waals surface area contributed by atoms with Gasteiger partial charge in [-0.05, 0) is 5.92 Å². The molecule has 0 aliphatic carbocycles. The molecule has 2 N–H and O–H groups in total. The topological polar surface area (TPSA) is 84.0 Å². The summed E-state index contributed by atoms with van der Waals surface area (Å²) in [4.78, 5) is 24.2. The lowest BCUT2D eigenvalue weighted by molar-refractivity contribution is -0.127. The number of hydrogen-bond donors (Lipinski definition) is 2. The van der Waals surface area contributed by atoms with E-state index in [4.69, 9.17) is 0 Å². The van der Waals surface area contributed by atoms with Gasteiger partial charge >= 0.3 is 0 Å². The van der Waals surface area contributed by atoms with Crippen molar-refractivity contribution in [3.63, 3.8) is 0 Å². The average Bonchev–Trinajstić information content (AvgIpc) is 3.07. The summed E-state index contributed by atoms with van der Waals surface area (Å²) in [6.07, 6.45) is 1.13. The van der Waals surface area contributed by atoms with Crippen molar-refractivity contribution in [2.45, 2.75) is 39.7 Å². The normalized spacial score (nSPS) is 13.1. The smallest absolute Gasteiger partial charge is 0.249 e. The molecule has 0 unspecified atom stereocenters. The highest BCUT2D eigenvalue weighted by molar-refractivity contribution is 7.18. The minimum absolute atomic E-state index is 0.0296. The van der Waals surface area contributed by atoms with E-state index in [0.29, 0.717) is 11.6 Å². The predicted octanol–water partition coefficient (Wildman–Crippen LogP) is 3.08. The quantitative estimate of drug-likeness (QED) is 0.807. The van der Waals surface area contributed by atoms with Crippen LogP contribution in [0.2, 0.25) is 0 Å². The zero-order chi connectivity index (χ0) is 17.5. The molecule has 6 nitrogen and oxygen atoms in total. The van der Waals surface area contributed by atoms with E-state index < -0.39 is 6.04 Å². The Morgan fingerprint density at radius 3 is 2.50 bits per heavy atom. The Morgan fingerprint density at radius 2 is 1.88 bits per heavy atom. The maximum absolute atomic E-state index is 12.5. The molecule has 0 aliphatic heterocycles. The van der Waals surface area contributed by atoms with Crippen molar-refractivity contribution in [3.05, 3.63) is 30.3 Å². The fourth-order valence-electron chi connectivity index (χ4n) is 2.13. The van der Waals surface area contributed by atoms with Crippen molar-refractivity contribution < 1.29 is 9.59 Å². The second-order valence-electron chi connectivity index (χ2n) is 5.55. The first-order valence-corrected chi connectivity index (χ1v) is 8.85. The van der Waals surface area contributed by atoms with E-state index in [2.05, 4.69) is 20.8 Å². The Morgan fingerprint density at radius 1 is 1.17 bits per heavy atom. The van der Waals surface area contributed by atoms with Gasteiger partial charge in [-0.15, -0.1) is 10.2 Å². The summed E-state index contributed by atoms with van der Waals surface area (Å²) in [5, 5.41) is 14.8. The van der Waals surface area contributed by atoms with Crippen molar-refractivity contribution in [2.24, 2.45) is 5.92 Å². The summed E-state index contributed by atoms with van der Waals surface area (Å²) in [5.74, 6) is -0.374. The monoisotopic (exact) mass is 346 g/mol. The number of nitrogens with zero attached hydrogens (tertiary/aromatic N) is 2. The van der Waals surface area contributed by atoms with Crippen LogP contribution in [0.4, 0.5) is 5.13 Å². The van der Waals surface area contributed by atoms with E-state index >= 15 is 0 Å². The molecule has 24 heavy (non-hydrogen) atoms.